The molecule has 0 spiro atoms. The van der Waals surface area contributed by atoms with E-state index >= 15 is 0 Å². The fourth-order valence-electron chi connectivity index (χ4n) is 2.86. The Bertz CT molecular complexity index is 295. The van der Waals surface area contributed by atoms with Crippen LogP contribution < -0.4 is 5.32 Å². The molecule has 1 aliphatic heterocycles. The van der Waals surface area contributed by atoms with Crippen molar-refractivity contribution in [2.24, 2.45) is 5.92 Å². The van der Waals surface area contributed by atoms with Crippen LogP contribution in [0.3, 0.4) is 0 Å². The van der Waals surface area contributed by atoms with Gasteiger partial charge in [0, 0.05) is 25.2 Å². The Morgan fingerprint density at radius 1 is 1.39 bits per heavy atom. The van der Waals surface area contributed by atoms with Crippen LogP contribution in [-0.2, 0) is 0 Å². The van der Waals surface area contributed by atoms with E-state index < -0.39 is 5.54 Å². The summed E-state index contributed by atoms with van der Waals surface area (Å²) in [5, 5.41) is 12.7. The molecule has 3 nitrogen and oxygen atoms in total. The van der Waals surface area contributed by atoms with Crippen LogP contribution >= 0.6 is 0 Å². The van der Waals surface area contributed by atoms with Crippen molar-refractivity contribution in [2.45, 2.75) is 71.5 Å². The summed E-state index contributed by atoms with van der Waals surface area (Å²) >= 11 is 0. The predicted molar refractivity (Wildman–Crippen MR) is 76.3 cm³/mol. The van der Waals surface area contributed by atoms with Gasteiger partial charge in [0.2, 0.25) is 0 Å². The van der Waals surface area contributed by atoms with Crippen molar-refractivity contribution in [2.75, 3.05) is 13.1 Å². The lowest BCUT2D eigenvalue weighted by Gasteiger charge is -2.38. The number of likely N-dealkylation sites (tertiary alicyclic amines) is 1. The van der Waals surface area contributed by atoms with Gasteiger partial charge in [0.15, 0.2) is 0 Å². The van der Waals surface area contributed by atoms with Gasteiger partial charge in [0.25, 0.3) is 0 Å². The molecule has 1 N–H and O–H groups in total. The molecule has 1 saturated heterocycles. The number of nitrogens with zero attached hydrogens (tertiary/aromatic N) is 2. The monoisotopic (exact) mass is 251 g/mol. The average molecular weight is 251 g/mol. The maximum Gasteiger partial charge on any atom is 0.105 e. The zero-order valence-corrected chi connectivity index (χ0v) is 12.7. The van der Waals surface area contributed by atoms with E-state index in [0.29, 0.717) is 12.1 Å². The molecule has 104 valence electrons. The minimum Gasteiger partial charge on any atom is -0.300 e. The number of piperidine rings is 1. The summed E-state index contributed by atoms with van der Waals surface area (Å²) in [4.78, 5) is 2.55. The third-order valence-corrected chi connectivity index (χ3v) is 4.00. The van der Waals surface area contributed by atoms with Crippen molar-refractivity contribution in [3.05, 3.63) is 0 Å². The average Bonchev–Trinajstić information content (AvgIpc) is 2.29. The highest BCUT2D eigenvalue weighted by Crippen LogP contribution is 2.22. The molecule has 0 aromatic heterocycles. The van der Waals surface area contributed by atoms with Crippen molar-refractivity contribution in [3.8, 4) is 6.07 Å². The molecule has 0 radical (unpaired) electrons. The normalized spacial score (nSPS) is 28.9. The van der Waals surface area contributed by atoms with Gasteiger partial charge in [0.1, 0.15) is 5.54 Å². The Morgan fingerprint density at radius 2 is 2.06 bits per heavy atom. The van der Waals surface area contributed by atoms with Crippen LogP contribution in [0.5, 0.6) is 0 Å². The van der Waals surface area contributed by atoms with Crippen molar-refractivity contribution < 1.29 is 0 Å². The van der Waals surface area contributed by atoms with Crippen molar-refractivity contribution in [1.29, 1.82) is 5.26 Å². The number of nitrogens with one attached hydrogen (secondary N) is 1. The minimum atomic E-state index is -0.394. The van der Waals surface area contributed by atoms with Gasteiger partial charge in [-0.3, -0.25) is 5.32 Å². The molecule has 0 saturated carbocycles. The number of hydrogen-bond donors (Lipinski definition) is 1. The van der Waals surface area contributed by atoms with E-state index in [1.54, 1.807) is 0 Å². The smallest absolute Gasteiger partial charge is 0.105 e. The molecule has 0 bridgehead atoms. The van der Waals surface area contributed by atoms with Gasteiger partial charge in [-0.2, -0.15) is 5.26 Å². The highest BCUT2D eigenvalue weighted by atomic mass is 15.2. The largest absolute Gasteiger partial charge is 0.300 e. The van der Waals surface area contributed by atoms with E-state index in [-0.39, 0.29) is 0 Å². The van der Waals surface area contributed by atoms with Crippen molar-refractivity contribution in [1.82, 2.24) is 10.2 Å². The van der Waals surface area contributed by atoms with Crippen LogP contribution in [-0.4, -0.2) is 35.6 Å². The lowest BCUT2D eigenvalue weighted by atomic mass is 9.92. The Kier molecular flexibility index (Phi) is 5.62. The molecule has 1 rings (SSSR count). The standard InChI is InChI=1S/C15H29N3/c1-12(2)17-15(5,11-16)8-9-18-10-13(3)6-7-14(18)4/h12-14,17H,6-10H2,1-5H3. The lowest BCUT2D eigenvalue weighted by Crippen LogP contribution is -2.49. The quantitative estimate of drug-likeness (QED) is 0.816. The summed E-state index contributed by atoms with van der Waals surface area (Å²) in [5.74, 6) is 0.799. The summed E-state index contributed by atoms with van der Waals surface area (Å²) in [6.07, 6.45) is 3.54. The molecular weight excluding hydrogens is 222 g/mol. The Morgan fingerprint density at radius 3 is 2.61 bits per heavy atom. The van der Waals surface area contributed by atoms with Gasteiger partial charge in [-0.25, -0.2) is 0 Å². The molecule has 0 aliphatic carbocycles. The lowest BCUT2D eigenvalue weighted by molar-refractivity contribution is 0.115. The Balaban J connectivity index is 2.49. The van der Waals surface area contributed by atoms with Crippen molar-refractivity contribution >= 4 is 0 Å². The van der Waals surface area contributed by atoms with E-state index in [0.717, 1.165) is 18.9 Å². The first-order valence-corrected chi connectivity index (χ1v) is 7.29. The predicted octanol–water partition coefficient (Wildman–Crippen LogP) is 2.78. The molecule has 0 amide bonds. The highest BCUT2D eigenvalue weighted by molar-refractivity contribution is 5.05. The van der Waals surface area contributed by atoms with Gasteiger partial charge in [-0.1, -0.05) is 6.92 Å². The van der Waals surface area contributed by atoms with Crippen LogP contribution in [0.15, 0.2) is 0 Å². The Hall–Kier alpha value is -0.590. The first-order valence-electron chi connectivity index (χ1n) is 7.29. The second kappa shape index (κ2) is 6.54. The van der Waals surface area contributed by atoms with Crippen molar-refractivity contribution in [3.63, 3.8) is 0 Å². The van der Waals surface area contributed by atoms with E-state index in [2.05, 4.69) is 44.0 Å². The van der Waals surface area contributed by atoms with Gasteiger partial charge in [0.05, 0.1) is 6.07 Å². The summed E-state index contributed by atoms with van der Waals surface area (Å²) in [7, 11) is 0. The highest BCUT2D eigenvalue weighted by Gasteiger charge is 2.28. The number of hydrogen-bond acceptors (Lipinski definition) is 3. The summed E-state index contributed by atoms with van der Waals surface area (Å²) in [6, 6.07) is 3.46. The SMILES string of the molecule is CC1CCC(C)N(CCC(C)(C#N)NC(C)C)C1. The Labute approximate surface area is 113 Å². The van der Waals surface area contributed by atoms with Gasteiger partial charge in [-0.05, 0) is 52.9 Å². The maximum atomic E-state index is 9.35. The van der Waals surface area contributed by atoms with Gasteiger partial charge in [-0.15, -0.1) is 0 Å². The summed E-state index contributed by atoms with van der Waals surface area (Å²) in [6.45, 7) is 13.1. The van der Waals surface area contributed by atoms with Crippen LogP contribution in [0.2, 0.25) is 0 Å². The fourth-order valence-corrected chi connectivity index (χ4v) is 2.86. The van der Waals surface area contributed by atoms with Gasteiger partial charge < -0.3 is 4.90 Å². The third-order valence-electron chi connectivity index (χ3n) is 4.00. The van der Waals surface area contributed by atoms with Crippen LogP contribution in [0, 0.1) is 17.2 Å². The van der Waals surface area contributed by atoms with Gasteiger partial charge >= 0.3 is 0 Å². The molecule has 0 aromatic rings. The second-order valence-electron chi connectivity index (χ2n) is 6.52. The van der Waals surface area contributed by atoms with Crippen LogP contribution in [0.1, 0.15) is 53.9 Å². The number of rotatable bonds is 5. The summed E-state index contributed by atoms with van der Waals surface area (Å²) in [5.41, 5.74) is -0.394. The summed E-state index contributed by atoms with van der Waals surface area (Å²) < 4.78 is 0. The topological polar surface area (TPSA) is 39.1 Å². The van der Waals surface area contributed by atoms with E-state index in [1.807, 2.05) is 6.92 Å². The molecule has 3 atom stereocenters. The first kappa shape index (κ1) is 15.5. The molecule has 1 heterocycles. The van der Waals surface area contributed by atoms with E-state index in [1.165, 1.54) is 19.4 Å². The van der Waals surface area contributed by atoms with E-state index in [9.17, 15) is 5.26 Å². The molecule has 3 unspecified atom stereocenters. The zero-order chi connectivity index (χ0) is 13.8. The third kappa shape index (κ3) is 4.59. The zero-order valence-electron chi connectivity index (χ0n) is 12.7. The van der Waals surface area contributed by atoms with Crippen LogP contribution in [0.4, 0.5) is 0 Å². The molecule has 18 heavy (non-hydrogen) atoms. The minimum absolute atomic E-state index is 0.354. The van der Waals surface area contributed by atoms with E-state index in [4.69, 9.17) is 0 Å². The molecule has 1 fully saturated rings. The number of nitriles is 1. The van der Waals surface area contributed by atoms with Crippen LogP contribution in [0.25, 0.3) is 0 Å². The fraction of sp³-hybridized carbons (Fsp3) is 0.933. The second-order valence-corrected chi connectivity index (χ2v) is 6.52. The molecule has 0 aromatic carbocycles. The molecule has 1 aliphatic rings. The first-order chi connectivity index (χ1) is 8.36. The molecule has 3 heteroatoms. The maximum absolute atomic E-state index is 9.35. The molecular formula is C15H29N3.